The minimum absolute atomic E-state index is 0.328. The topological polar surface area (TPSA) is 68.6 Å². The van der Waals surface area contributed by atoms with Gasteiger partial charge in [0.1, 0.15) is 0 Å². The van der Waals surface area contributed by atoms with Crippen molar-refractivity contribution in [2.45, 2.75) is 32.0 Å². The van der Waals surface area contributed by atoms with Gasteiger partial charge in [-0.25, -0.2) is 0 Å². The summed E-state index contributed by atoms with van der Waals surface area (Å²) in [4.78, 5) is 11.7. The van der Waals surface area contributed by atoms with E-state index in [1.165, 1.54) is 0 Å². The number of esters is 1. The van der Waals surface area contributed by atoms with E-state index in [4.69, 9.17) is 19.6 Å². The molecule has 90 valence electrons. The molecule has 1 heterocycles. The molecular formula is C11H17NO4. The minimum atomic E-state index is -0.637. The molecule has 1 spiro atoms. The molecule has 1 saturated heterocycles. The fourth-order valence-electron chi connectivity index (χ4n) is 2.26. The summed E-state index contributed by atoms with van der Waals surface area (Å²) in [6, 6.07) is 0. The van der Waals surface area contributed by atoms with Crippen LogP contribution in [0.4, 0.5) is 0 Å². The largest absolute Gasteiger partial charge is 0.465 e. The first-order valence-corrected chi connectivity index (χ1v) is 5.69. The first kappa shape index (κ1) is 11.5. The molecule has 2 rings (SSSR count). The number of nitrogens with one attached hydrogen (secondary N) is 1. The summed E-state index contributed by atoms with van der Waals surface area (Å²) < 4.78 is 16.1. The van der Waals surface area contributed by atoms with Gasteiger partial charge < -0.3 is 19.6 Å². The second-order valence-electron chi connectivity index (χ2n) is 4.14. The average molecular weight is 227 g/mol. The van der Waals surface area contributed by atoms with E-state index >= 15 is 0 Å². The van der Waals surface area contributed by atoms with E-state index in [1.54, 1.807) is 6.92 Å². The fraction of sp³-hybridized carbons (Fsp3) is 0.818. The van der Waals surface area contributed by atoms with Gasteiger partial charge in [0.15, 0.2) is 5.79 Å². The highest BCUT2D eigenvalue weighted by Gasteiger charge is 2.46. The molecule has 16 heavy (non-hydrogen) atoms. The van der Waals surface area contributed by atoms with E-state index < -0.39 is 11.7 Å². The maximum atomic E-state index is 11.7. The highest BCUT2D eigenvalue weighted by atomic mass is 16.7. The van der Waals surface area contributed by atoms with Crippen molar-refractivity contribution in [2.75, 3.05) is 19.8 Å². The predicted octanol–water partition coefficient (Wildman–Crippen LogP) is 1.11. The Morgan fingerprint density at radius 1 is 1.56 bits per heavy atom. The van der Waals surface area contributed by atoms with Gasteiger partial charge in [0.25, 0.3) is 0 Å². The zero-order valence-corrected chi connectivity index (χ0v) is 9.45. The molecule has 0 aromatic heterocycles. The Morgan fingerprint density at radius 2 is 2.25 bits per heavy atom. The van der Waals surface area contributed by atoms with Crippen LogP contribution in [0, 0.1) is 11.3 Å². The maximum absolute atomic E-state index is 11.7. The van der Waals surface area contributed by atoms with E-state index in [9.17, 15) is 4.79 Å². The lowest BCUT2D eigenvalue weighted by Crippen LogP contribution is -2.43. The van der Waals surface area contributed by atoms with Crippen molar-refractivity contribution in [1.29, 1.82) is 5.41 Å². The third-order valence-corrected chi connectivity index (χ3v) is 3.10. The van der Waals surface area contributed by atoms with E-state index in [-0.39, 0.29) is 5.97 Å². The van der Waals surface area contributed by atoms with Crippen molar-refractivity contribution in [2.24, 2.45) is 5.92 Å². The maximum Gasteiger partial charge on any atom is 0.314 e. The zero-order valence-electron chi connectivity index (χ0n) is 9.45. The van der Waals surface area contributed by atoms with Crippen LogP contribution in [0.3, 0.4) is 0 Å². The third-order valence-electron chi connectivity index (χ3n) is 3.10. The van der Waals surface area contributed by atoms with E-state index in [1.807, 2.05) is 0 Å². The molecule has 0 radical (unpaired) electrons. The van der Waals surface area contributed by atoms with Crippen molar-refractivity contribution < 1.29 is 19.0 Å². The molecule has 1 aliphatic carbocycles. The smallest absolute Gasteiger partial charge is 0.314 e. The summed E-state index contributed by atoms with van der Waals surface area (Å²) >= 11 is 0. The molecule has 0 aromatic carbocycles. The minimum Gasteiger partial charge on any atom is -0.465 e. The summed E-state index contributed by atoms with van der Waals surface area (Å²) in [5.74, 6) is -1.46. The Hall–Kier alpha value is -0.940. The van der Waals surface area contributed by atoms with Gasteiger partial charge in [0.2, 0.25) is 0 Å². The fourth-order valence-corrected chi connectivity index (χ4v) is 2.26. The summed E-state index contributed by atoms with van der Waals surface area (Å²) in [7, 11) is 0. The molecule has 5 heteroatoms. The highest BCUT2D eigenvalue weighted by molar-refractivity contribution is 6.01. The molecule has 2 aliphatic rings. The molecule has 1 atom stereocenters. The normalized spacial score (nSPS) is 28.3. The first-order chi connectivity index (χ1) is 7.67. The summed E-state index contributed by atoms with van der Waals surface area (Å²) in [5.41, 5.74) is 0.433. The Labute approximate surface area is 94.6 Å². The summed E-state index contributed by atoms with van der Waals surface area (Å²) in [5, 5.41) is 7.79. The second-order valence-corrected chi connectivity index (χ2v) is 4.14. The molecule has 1 N–H and O–H groups in total. The molecule has 1 saturated carbocycles. The van der Waals surface area contributed by atoms with Crippen LogP contribution < -0.4 is 0 Å². The van der Waals surface area contributed by atoms with Gasteiger partial charge in [-0.05, 0) is 13.3 Å². The van der Waals surface area contributed by atoms with E-state index in [0.717, 1.165) is 0 Å². The third kappa shape index (κ3) is 2.10. The molecule has 1 aliphatic heterocycles. The Bertz CT molecular complexity index is 296. The van der Waals surface area contributed by atoms with Crippen LogP contribution in [0.2, 0.25) is 0 Å². The molecule has 0 amide bonds. The van der Waals surface area contributed by atoms with Gasteiger partial charge in [-0.15, -0.1) is 0 Å². The van der Waals surface area contributed by atoms with Crippen LogP contribution >= 0.6 is 0 Å². The van der Waals surface area contributed by atoms with Crippen molar-refractivity contribution in [3.05, 3.63) is 0 Å². The SMILES string of the molecule is CCOC(=O)C1CC2(CCC1=N)OCCO2. The Kier molecular flexibility index (Phi) is 3.25. The summed E-state index contributed by atoms with van der Waals surface area (Å²) in [6.07, 6.45) is 1.63. The predicted molar refractivity (Wildman–Crippen MR) is 56.3 cm³/mol. The number of ether oxygens (including phenoxy) is 3. The van der Waals surface area contributed by atoms with Gasteiger partial charge >= 0.3 is 5.97 Å². The number of carbonyl (C=O) groups is 1. The summed E-state index contributed by atoms with van der Waals surface area (Å²) in [6.45, 7) is 3.26. The van der Waals surface area contributed by atoms with Gasteiger partial charge in [0, 0.05) is 18.6 Å². The van der Waals surface area contributed by atoms with Gasteiger partial charge in [-0.1, -0.05) is 0 Å². The van der Waals surface area contributed by atoms with Crippen LogP contribution in [0.25, 0.3) is 0 Å². The standard InChI is InChI=1S/C11H17NO4/c1-2-14-10(13)8-7-11(4-3-9(8)12)15-5-6-16-11/h8,12H,2-7H2,1H3. The van der Waals surface area contributed by atoms with Gasteiger partial charge in [0.05, 0.1) is 25.7 Å². The van der Waals surface area contributed by atoms with Crippen LogP contribution in [0.5, 0.6) is 0 Å². The van der Waals surface area contributed by atoms with Crippen LogP contribution in [0.15, 0.2) is 0 Å². The molecule has 1 unspecified atom stereocenters. The number of rotatable bonds is 2. The van der Waals surface area contributed by atoms with Gasteiger partial charge in [-0.2, -0.15) is 0 Å². The first-order valence-electron chi connectivity index (χ1n) is 5.69. The second kappa shape index (κ2) is 4.51. The number of hydrogen-bond donors (Lipinski definition) is 1. The lowest BCUT2D eigenvalue weighted by Gasteiger charge is -2.35. The average Bonchev–Trinajstić information content (AvgIpc) is 2.71. The van der Waals surface area contributed by atoms with Crippen molar-refractivity contribution in [3.8, 4) is 0 Å². The van der Waals surface area contributed by atoms with Crippen molar-refractivity contribution >= 4 is 11.7 Å². The molecule has 0 aromatic rings. The monoisotopic (exact) mass is 227 g/mol. The van der Waals surface area contributed by atoms with Crippen molar-refractivity contribution in [3.63, 3.8) is 0 Å². The Morgan fingerprint density at radius 3 is 2.88 bits per heavy atom. The quantitative estimate of drug-likeness (QED) is 0.717. The zero-order chi connectivity index (χ0) is 11.6. The van der Waals surface area contributed by atoms with Crippen molar-refractivity contribution in [1.82, 2.24) is 0 Å². The van der Waals surface area contributed by atoms with Crippen LogP contribution in [0.1, 0.15) is 26.2 Å². The van der Waals surface area contributed by atoms with E-state index in [0.29, 0.717) is 44.8 Å². The molecule has 5 nitrogen and oxygen atoms in total. The highest BCUT2D eigenvalue weighted by Crippen LogP contribution is 2.37. The molecule has 2 fully saturated rings. The Balaban J connectivity index is 2.05. The number of carbonyl (C=O) groups excluding carboxylic acids is 1. The lowest BCUT2D eigenvalue weighted by atomic mass is 9.83. The van der Waals surface area contributed by atoms with Crippen LogP contribution in [-0.2, 0) is 19.0 Å². The number of hydrogen-bond acceptors (Lipinski definition) is 5. The lowest BCUT2D eigenvalue weighted by molar-refractivity contribution is -0.182. The van der Waals surface area contributed by atoms with Crippen LogP contribution in [-0.4, -0.2) is 37.3 Å². The molecular weight excluding hydrogens is 210 g/mol. The van der Waals surface area contributed by atoms with Gasteiger partial charge in [-0.3, -0.25) is 4.79 Å². The molecule has 0 bridgehead atoms. The van der Waals surface area contributed by atoms with E-state index in [2.05, 4.69) is 0 Å².